The van der Waals surface area contributed by atoms with Crippen molar-refractivity contribution in [1.82, 2.24) is 0 Å². The molecular formula is C22H23NO2. The van der Waals surface area contributed by atoms with Crippen LogP contribution in [0.3, 0.4) is 0 Å². The summed E-state index contributed by atoms with van der Waals surface area (Å²) in [6.45, 7) is 1.52. The lowest BCUT2D eigenvalue weighted by Gasteiger charge is -2.27. The number of nitrogens with zero attached hydrogens (tertiary/aromatic N) is 1. The van der Waals surface area contributed by atoms with Gasteiger partial charge in [-0.3, -0.25) is 0 Å². The van der Waals surface area contributed by atoms with E-state index in [-0.39, 0.29) is 6.61 Å². The number of rotatable bonds is 8. The number of hydrogen-bond donors (Lipinski definition) is 1. The summed E-state index contributed by atoms with van der Waals surface area (Å²) in [7, 11) is 0. The van der Waals surface area contributed by atoms with Crippen molar-refractivity contribution < 1.29 is 9.84 Å². The maximum atomic E-state index is 10.5. The van der Waals surface area contributed by atoms with Gasteiger partial charge < -0.3 is 14.7 Å². The molecule has 0 radical (unpaired) electrons. The number of aliphatic hydroxyl groups excluding tert-OH is 1. The minimum Gasteiger partial charge on any atom is -0.491 e. The monoisotopic (exact) mass is 333 g/mol. The van der Waals surface area contributed by atoms with Crippen LogP contribution in [0.4, 0.5) is 5.69 Å². The van der Waals surface area contributed by atoms with E-state index < -0.39 is 6.10 Å². The van der Waals surface area contributed by atoms with Gasteiger partial charge in [0, 0.05) is 18.8 Å². The minimum atomic E-state index is -0.580. The SMILES string of the molecule is OC(COc1ccccc1)CN(Cc1ccccc1)c1ccccc1. The average molecular weight is 333 g/mol. The maximum absolute atomic E-state index is 10.5. The Kier molecular flexibility index (Phi) is 6.07. The third-order valence-corrected chi connectivity index (χ3v) is 3.95. The Balaban J connectivity index is 1.64. The Morgan fingerprint density at radius 1 is 0.760 bits per heavy atom. The van der Waals surface area contributed by atoms with Crippen molar-refractivity contribution in [3.05, 3.63) is 96.6 Å². The fourth-order valence-electron chi connectivity index (χ4n) is 2.72. The van der Waals surface area contributed by atoms with Crippen molar-refractivity contribution >= 4 is 5.69 Å². The molecule has 3 aromatic rings. The van der Waals surface area contributed by atoms with Gasteiger partial charge in [0.2, 0.25) is 0 Å². The van der Waals surface area contributed by atoms with Crippen LogP contribution in [-0.4, -0.2) is 24.4 Å². The first-order chi connectivity index (χ1) is 12.3. The van der Waals surface area contributed by atoms with Crippen molar-refractivity contribution in [2.75, 3.05) is 18.1 Å². The molecule has 0 aliphatic rings. The fraction of sp³-hybridized carbons (Fsp3) is 0.182. The zero-order chi connectivity index (χ0) is 17.3. The quantitative estimate of drug-likeness (QED) is 0.673. The first kappa shape index (κ1) is 17.1. The number of para-hydroxylation sites is 2. The second-order valence-corrected chi connectivity index (χ2v) is 5.98. The van der Waals surface area contributed by atoms with Crippen molar-refractivity contribution in [3.8, 4) is 5.75 Å². The zero-order valence-electron chi connectivity index (χ0n) is 14.2. The van der Waals surface area contributed by atoms with Gasteiger partial charge in [0.15, 0.2) is 0 Å². The predicted octanol–water partition coefficient (Wildman–Crippen LogP) is 4.13. The van der Waals surface area contributed by atoms with Gasteiger partial charge in [-0.05, 0) is 29.8 Å². The lowest BCUT2D eigenvalue weighted by molar-refractivity contribution is 0.112. The molecule has 0 saturated heterocycles. The number of hydrogen-bond acceptors (Lipinski definition) is 3. The Labute approximate surface area is 149 Å². The van der Waals surface area contributed by atoms with Gasteiger partial charge in [-0.2, -0.15) is 0 Å². The normalized spacial score (nSPS) is 11.7. The molecule has 0 saturated carbocycles. The van der Waals surface area contributed by atoms with E-state index in [2.05, 4.69) is 29.2 Å². The first-order valence-electron chi connectivity index (χ1n) is 8.51. The lowest BCUT2D eigenvalue weighted by Crippen LogP contribution is -2.35. The molecule has 1 N–H and O–H groups in total. The zero-order valence-corrected chi connectivity index (χ0v) is 14.2. The van der Waals surface area contributed by atoms with E-state index in [4.69, 9.17) is 4.74 Å². The van der Waals surface area contributed by atoms with Crippen LogP contribution in [0.2, 0.25) is 0 Å². The topological polar surface area (TPSA) is 32.7 Å². The first-order valence-corrected chi connectivity index (χ1v) is 8.51. The van der Waals surface area contributed by atoms with E-state index in [9.17, 15) is 5.11 Å². The van der Waals surface area contributed by atoms with Crippen molar-refractivity contribution in [2.24, 2.45) is 0 Å². The minimum absolute atomic E-state index is 0.266. The van der Waals surface area contributed by atoms with Gasteiger partial charge in [-0.1, -0.05) is 66.7 Å². The Morgan fingerprint density at radius 2 is 1.32 bits per heavy atom. The molecule has 0 aliphatic carbocycles. The molecule has 3 aromatic carbocycles. The molecular weight excluding hydrogens is 310 g/mol. The summed E-state index contributed by atoms with van der Waals surface area (Å²) in [4.78, 5) is 2.17. The molecule has 0 fully saturated rings. The van der Waals surface area contributed by atoms with Crippen LogP contribution in [0, 0.1) is 0 Å². The number of anilines is 1. The molecule has 1 atom stereocenters. The summed E-state index contributed by atoms with van der Waals surface area (Å²) in [5.74, 6) is 0.774. The van der Waals surface area contributed by atoms with Crippen LogP contribution in [0.15, 0.2) is 91.0 Å². The van der Waals surface area contributed by atoms with Gasteiger partial charge in [-0.15, -0.1) is 0 Å². The Hall–Kier alpha value is -2.78. The van der Waals surface area contributed by atoms with Crippen LogP contribution in [-0.2, 0) is 6.54 Å². The van der Waals surface area contributed by atoms with E-state index in [1.807, 2.05) is 66.7 Å². The smallest absolute Gasteiger partial charge is 0.119 e. The van der Waals surface area contributed by atoms with E-state index in [1.54, 1.807) is 0 Å². The maximum Gasteiger partial charge on any atom is 0.119 e. The largest absolute Gasteiger partial charge is 0.491 e. The molecule has 3 rings (SSSR count). The molecule has 0 heterocycles. The van der Waals surface area contributed by atoms with Gasteiger partial charge in [-0.25, -0.2) is 0 Å². The highest BCUT2D eigenvalue weighted by Crippen LogP contribution is 2.18. The van der Waals surface area contributed by atoms with Crippen molar-refractivity contribution in [2.45, 2.75) is 12.6 Å². The van der Waals surface area contributed by atoms with Crippen molar-refractivity contribution in [3.63, 3.8) is 0 Å². The molecule has 25 heavy (non-hydrogen) atoms. The predicted molar refractivity (Wildman–Crippen MR) is 102 cm³/mol. The Bertz CT molecular complexity index is 732. The van der Waals surface area contributed by atoms with Crippen molar-refractivity contribution in [1.29, 1.82) is 0 Å². The molecule has 128 valence electrons. The third kappa shape index (κ3) is 5.37. The lowest BCUT2D eigenvalue weighted by atomic mass is 10.2. The van der Waals surface area contributed by atoms with Crippen LogP contribution >= 0.6 is 0 Å². The summed E-state index contributed by atoms with van der Waals surface area (Å²) in [5.41, 5.74) is 2.30. The highest BCUT2D eigenvalue weighted by atomic mass is 16.5. The summed E-state index contributed by atoms with van der Waals surface area (Å²) >= 11 is 0. The van der Waals surface area contributed by atoms with Crippen LogP contribution < -0.4 is 9.64 Å². The molecule has 0 spiro atoms. The van der Waals surface area contributed by atoms with Gasteiger partial charge in [0.25, 0.3) is 0 Å². The molecule has 0 amide bonds. The number of aliphatic hydroxyl groups is 1. The molecule has 3 nitrogen and oxygen atoms in total. The molecule has 0 aromatic heterocycles. The molecule has 0 bridgehead atoms. The third-order valence-electron chi connectivity index (χ3n) is 3.95. The number of ether oxygens (including phenoxy) is 1. The van der Waals surface area contributed by atoms with E-state index >= 15 is 0 Å². The van der Waals surface area contributed by atoms with Gasteiger partial charge >= 0.3 is 0 Å². The van der Waals surface area contributed by atoms with Gasteiger partial charge in [0.05, 0.1) is 0 Å². The molecule has 3 heteroatoms. The standard InChI is InChI=1S/C22H23NO2/c24-21(18-25-22-14-8-3-9-15-22)17-23(20-12-6-2-7-13-20)16-19-10-4-1-5-11-19/h1-15,21,24H,16-18H2. The second kappa shape index (κ2) is 8.90. The summed E-state index contributed by atoms with van der Waals surface area (Å²) in [6.07, 6.45) is -0.580. The average Bonchev–Trinajstić information content (AvgIpc) is 2.68. The Morgan fingerprint density at radius 3 is 1.96 bits per heavy atom. The van der Waals surface area contributed by atoms with E-state index in [1.165, 1.54) is 5.56 Å². The van der Waals surface area contributed by atoms with Gasteiger partial charge in [0.1, 0.15) is 18.5 Å². The highest BCUT2D eigenvalue weighted by Gasteiger charge is 2.14. The highest BCUT2D eigenvalue weighted by molar-refractivity contribution is 5.46. The van der Waals surface area contributed by atoms with Crippen LogP contribution in [0.25, 0.3) is 0 Å². The fourth-order valence-corrected chi connectivity index (χ4v) is 2.72. The summed E-state index contributed by atoms with van der Waals surface area (Å²) in [5, 5.41) is 10.5. The second-order valence-electron chi connectivity index (χ2n) is 5.98. The van der Waals surface area contributed by atoms with Crippen LogP contribution in [0.1, 0.15) is 5.56 Å². The molecule has 0 aliphatic heterocycles. The molecule has 1 unspecified atom stereocenters. The summed E-state index contributed by atoms with van der Waals surface area (Å²) < 4.78 is 5.68. The van der Waals surface area contributed by atoms with E-state index in [0.29, 0.717) is 6.54 Å². The van der Waals surface area contributed by atoms with Crippen LogP contribution in [0.5, 0.6) is 5.75 Å². The van der Waals surface area contributed by atoms with E-state index in [0.717, 1.165) is 18.0 Å². The number of benzene rings is 3. The summed E-state index contributed by atoms with van der Waals surface area (Å²) in [6, 6.07) is 30.0.